The molecule has 0 N–H and O–H groups in total. The Morgan fingerprint density at radius 1 is 0.880 bits per heavy atom. The molecule has 1 aliphatic heterocycles. The van der Waals surface area contributed by atoms with Crippen molar-refractivity contribution >= 4 is 23.0 Å². The van der Waals surface area contributed by atoms with Crippen molar-refractivity contribution < 1.29 is 0 Å². The molecular weight excluding hydrogens is 328 g/mol. The largest absolute Gasteiger partial charge is 0.257 e. The number of benzene rings is 3. The molecule has 3 aromatic carbocycles. The first kappa shape index (κ1) is 15.9. The zero-order chi connectivity index (χ0) is 17.2. The molecule has 0 radical (unpaired) electrons. The molecule has 0 fully saturated rings. The molecule has 2 nitrogen and oxygen atoms in total. The van der Waals surface area contributed by atoms with Crippen LogP contribution >= 0.6 is 11.6 Å². The average molecular weight is 347 g/mol. The van der Waals surface area contributed by atoms with Crippen molar-refractivity contribution in [1.29, 1.82) is 0 Å². The summed E-state index contributed by atoms with van der Waals surface area (Å²) in [5.41, 5.74) is 5.87. The molecule has 0 unspecified atom stereocenters. The Balaban J connectivity index is 1.73. The fourth-order valence-corrected chi connectivity index (χ4v) is 3.32. The van der Waals surface area contributed by atoms with Gasteiger partial charge in [-0.25, -0.2) is 0 Å². The van der Waals surface area contributed by atoms with E-state index in [1.807, 2.05) is 30.3 Å². The first-order valence-electron chi connectivity index (χ1n) is 8.45. The lowest BCUT2D eigenvalue weighted by molar-refractivity contribution is 0.709. The number of hydrogen-bond donors (Lipinski definition) is 0. The standard InChI is InChI=1S/C22H19ClN2/c1-16-7-9-18(10-8-16)22-15-21(17-11-13-19(23)14-12-17)24-25(22)20-5-3-2-4-6-20/h2-14,22H,15H2,1H3/t22-/m1/s1. The van der Waals surface area contributed by atoms with Crippen LogP contribution in [-0.2, 0) is 0 Å². The van der Waals surface area contributed by atoms with E-state index in [0.717, 1.165) is 28.4 Å². The molecular formula is C22H19ClN2. The van der Waals surface area contributed by atoms with Crippen LogP contribution in [0.1, 0.15) is 29.2 Å². The molecule has 0 spiro atoms. The molecule has 0 saturated carbocycles. The number of halogens is 1. The Morgan fingerprint density at radius 3 is 2.24 bits per heavy atom. The molecule has 1 heterocycles. The van der Waals surface area contributed by atoms with Gasteiger partial charge in [0.2, 0.25) is 0 Å². The molecule has 124 valence electrons. The second-order valence-electron chi connectivity index (χ2n) is 6.36. The zero-order valence-electron chi connectivity index (χ0n) is 14.1. The summed E-state index contributed by atoms with van der Waals surface area (Å²) in [5, 5.41) is 7.83. The topological polar surface area (TPSA) is 15.6 Å². The zero-order valence-corrected chi connectivity index (χ0v) is 14.8. The van der Waals surface area contributed by atoms with Crippen LogP contribution in [0.3, 0.4) is 0 Å². The first-order valence-corrected chi connectivity index (χ1v) is 8.83. The van der Waals surface area contributed by atoms with Gasteiger partial charge in [0.1, 0.15) is 0 Å². The van der Waals surface area contributed by atoms with E-state index in [9.17, 15) is 0 Å². The average Bonchev–Trinajstić information content (AvgIpc) is 3.09. The van der Waals surface area contributed by atoms with Crippen molar-refractivity contribution in [3.05, 3.63) is 101 Å². The Hall–Kier alpha value is -2.58. The maximum absolute atomic E-state index is 6.03. The van der Waals surface area contributed by atoms with Crippen LogP contribution in [0.15, 0.2) is 84.0 Å². The predicted octanol–water partition coefficient (Wildman–Crippen LogP) is 6.00. The predicted molar refractivity (Wildman–Crippen MR) is 105 cm³/mol. The third-order valence-corrected chi connectivity index (χ3v) is 4.82. The second-order valence-corrected chi connectivity index (χ2v) is 6.80. The van der Waals surface area contributed by atoms with Crippen molar-refractivity contribution in [1.82, 2.24) is 0 Å². The molecule has 0 saturated heterocycles. The van der Waals surface area contributed by atoms with Gasteiger partial charge in [-0.05, 0) is 42.3 Å². The fraction of sp³-hybridized carbons (Fsp3) is 0.136. The van der Waals surface area contributed by atoms with Gasteiger partial charge in [-0.1, -0.05) is 71.8 Å². The summed E-state index contributed by atoms with van der Waals surface area (Å²) in [7, 11) is 0. The van der Waals surface area contributed by atoms with Gasteiger partial charge in [0.05, 0.1) is 17.4 Å². The molecule has 0 aliphatic carbocycles. The molecule has 3 heteroatoms. The number of rotatable bonds is 3. The Bertz CT molecular complexity index is 884. The summed E-state index contributed by atoms with van der Waals surface area (Å²) >= 11 is 6.03. The summed E-state index contributed by atoms with van der Waals surface area (Å²) in [6.07, 6.45) is 0.875. The van der Waals surface area contributed by atoms with Crippen molar-refractivity contribution in [3.8, 4) is 0 Å². The maximum atomic E-state index is 6.03. The number of anilines is 1. The van der Waals surface area contributed by atoms with E-state index in [2.05, 4.69) is 60.5 Å². The van der Waals surface area contributed by atoms with Crippen LogP contribution < -0.4 is 5.01 Å². The molecule has 0 bridgehead atoms. The van der Waals surface area contributed by atoms with E-state index in [-0.39, 0.29) is 6.04 Å². The van der Waals surface area contributed by atoms with Gasteiger partial charge in [0.15, 0.2) is 0 Å². The van der Waals surface area contributed by atoms with Gasteiger partial charge in [-0.3, -0.25) is 5.01 Å². The molecule has 0 aromatic heterocycles. The minimum absolute atomic E-state index is 0.202. The first-order chi connectivity index (χ1) is 12.2. The highest BCUT2D eigenvalue weighted by Crippen LogP contribution is 2.36. The monoisotopic (exact) mass is 346 g/mol. The third kappa shape index (κ3) is 3.31. The maximum Gasteiger partial charge on any atom is 0.0831 e. The van der Waals surface area contributed by atoms with Crippen LogP contribution in [0.4, 0.5) is 5.69 Å². The van der Waals surface area contributed by atoms with E-state index in [0.29, 0.717) is 0 Å². The van der Waals surface area contributed by atoms with E-state index in [4.69, 9.17) is 16.7 Å². The van der Waals surface area contributed by atoms with E-state index in [1.165, 1.54) is 11.1 Å². The van der Waals surface area contributed by atoms with Crippen LogP contribution in [0.25, 0.3) is 0 Å². The third-order valence-electron chi connectivity index (χ3n) is 4.57. The highest BCUT2D eigenvalue weighted by Gasteiger charge is 2.29. The Kier molecular flexibility index (Phi) is 4.29. The SMILES string of the molecule is Cc1ccc([C@H]2CC(c3ccc(Cl)cc3)=NN2c2ccccc2)cc1. The summed E-state index contributed by atoms with van der Waals surface area (Å²) in [5.74, 6) is 0. The molecule has 4 rings (SSSR count). The fourth-order valence-electron chi connectivity index (χ4n) is 3.19. The van der Waals surface area contributed by atoms with Gasteiger partial charge >= 0.3 is 0 Å². The van der Waals surface area contributed by atoms with Crippen molar-refractivity contribution in [2.45, 2.75) is 19.4 Å². The van der Waals surface area contributed by atoms with E-state index in [1.54, 1.807) is 0 Å². The van der Waals surface area contributed by atoms with Gasteiger partial charge < -0.3 is 0 Å². The number of nitrogens with zero attached hydrogens (tertiary/aromatic N) is 2. The molecule has 3 aromatic rings. The van der Waals surface area contributed by atoms with Crippen molar-refractivity contribution in [3.63, 3.8) is 0 Å². The van der Waals surface area contributed by atoms with Crippen LogP contribution in [0.2, 0.25) is 5.02 Å². The Morgan fingerprint density at radius 2 is 1.56 bits per heavy atom. The number of para-hydroxylation sites is 1. The lowest BCUT2D eigenvalue weighted by Crippen LogP contribution is -2.18. The van der Waals surface area contributed by atoms with Crippen LogP contribution in [-0.4, -0.2) is 5.71 Å². The smallest absolute Gasteiger partial charge is 0.0831 e. The lowest BCUT2D eigenvalue weighted by Gasteiger charge is -2.24. The number of hydrogen-bond acceptors (Lipinski definition) is 2. The minimum atomic E-state index is 0.202. The van der Waals surface area contributed by atoms with Gasteiger partial charge in [0.25, 0.3) is 0 Å². The van der Waals surface area contributed by atoms with Crippen molar-refractivity contribution in [2.75, 3.05) is 5.01 Å². The highest BCUT2D eigenvalue weighted by atomic mass is 35.5. The van der Waals surface area contributed by atoms with Crippen LogP contribution in [0, 0.1) is 6.92 Å². The van der Waals surface area contributed by atoms with Crippen molar-refractivity contribution in [2.24, 2.45) is 5.10 Å². The second kappa shape index (κ2) is 6.73. The summed E-state index contributed by atoms with van der Waals surface area (Å²) in [4.78, 5) is 0. The van der Waals surface area contributed by atoms with E-state index >= 15 is 0 Å². The molecule has 1 atom stereocenters. The molecule has 25 heavy (non-hydrogen) atoms. The molecule has 0 amide bonds. The number of aryl methyl sites for hydroxylation is 1. The Labute approximate surface area is 153 Å². The van der Waals surface area contributed by atoms with Gasteiger partial charge in [0, 0.05) is 11.4 Å². The lowest BCUT2D eigenvalue weighted by atomic mass is 9.97. The normalized spacial score (nSPS) is 16.8. The molecule has 1 aliphatic rings. The van der Waals surface area contributed by atoms with Gasteiger partial charge in [-0.2, -0.15) is 5.10 Å². The summed E-state index contributed by atoms with van der Waals surface area (Å²) in [6, 6.07) is 27.2. The van der Waals surface area contributed by atoms with E-state index < -0.39 is 0 Å². The van der Waals surface area contributed by atoms with Gasteiger partial charge in [-0.15, -0.1) is 0 Å². The quantitative estimate of drug-likeness (QED) is 0.567. The number of hydrazone groups is 1. The summed E-state index contributed by atoms with van der Waals surface area (Å²) < 4.78 is 0. The minimum Gasteiger partial charge on any atom is -0.257 e. The summed E-state index contributed by atoms with van der Waals surface area (Å²) in [6.45, 7) is 2.11. The highest BCUT2D eigenvalue weighted by molar-refractivity contribution is 6.30. The van der Waals surface area contributed by atoms with Crippen LogP contribution in [0.5, 0.6) is 0 Å².